The van der Waals surface area contributed by atoms with Crippen molar-refractivity contribution in [1.29, 1.82) is 0 Å². The maximum atomic E-state index is 12.9. The first-order valence-corrected chi connectivity index (χ1v) is 4.91. The van der Waals surface area contributed by atoms with Gasteiger partial charge in [0.05, 0.1) is 5.56 Å². The zero-order valence-electron chi connectivity index (χ0n) is 8.05. The fourth-order valence-electron chi connectivity index (χ4n) is 1.14. The van der Waals surface area contributed by atoms with E-state index in [2.05, 4.69) is 4.74 Å². The van der Waals surface area contributed by atoms with Crippen LogP contribution in [-0.4, -0.2) is 18.3 Å². The summed E-state index contributed by atoms with van der Waals surface area (Å²) in [6.07, 6.45) is -0.0649. The predicted molar refractivity (Wildman–Crippen MR) is 52.7 cm³/mol. The van der Waals surface area contributed by atoms with Gasteiger partial charge in [0.1, 0.15) is 11.6 Å². The number of alkyl halides is 3. The minimum Gasteiger partial charge on any atom is -0.434 e. The molecule has 0 atom stereocenters. The van der Waals surface area contributed by atoms with E-state index in [1.54, 1.807) is 0 Å². The Labute approximate surface area is 95.0 Å². The zero-order chi connectivity index (χ0) is 12.1. The Bertz CT molecular complexity index is 382. The van der Waals surface area contributed by atoms with E-state index in [1.165, 1.54) is 0 Å². The fourth-order valence-corrected chi connectivity index (χ4v) is 1.31. The first-order valence-electron chi connectivity index (χ1n) is 4.38. The molecule has 0 unspecified atom stereocenters. The van der Waals surface area contributed by atoms with Crippen molar-refractivity contribution in [2.75, 3.05) is 5.88 Å². The molecule has 0 aliphatic heterocycles. The van der Waals surface area contributed by atoms with E-state index < -0.39 is 18.2 Å². The number of carbonyl (C=O) groups excluding carboxylic acids is 1. The zero-order valence-corrected chi connectivity index (χ0v) is 8.81. The van der Waals surface area contributed by atoms with Crippen LogP contribution < -0.4 is 4.74 Å². The van der Waals surface area contributed by atoms with Gasteiger partial charge in [-0.05, 0) is 18.2 Å². The van der Waals surface area contributed by atoms with E-state index in [0.29, 0.717) is 0 Å². The topological polar surface area (TPSA) is 26.3 Å². The summed E-state index contributed by atoms with van der Waals surface area (Å²) < 4.78 is 41.0. The minimum atomic E-state index is -3.06. The SMILES string of the molecule is O=C(CCCl)c1cc(F)ccc1OC(F)F. The van der Waals surface area contributed by atoms with E-state index in [1.807, 2.05) is 0 Å². The molecule has 0 radical (unpaired) electrons. The quantitative estimate of drug-likeness (QED) is 0.594. The number of hydrogen-bond donors (Lipinski definition) is 0. The normalized spacial score (nSPS) is 10.6. The summed E-state index contributed by atoms with van der Waals surface area (Å²) in [5.41, 5.74) is -0.221. The number of rotatable bonds is 5. The average Bonchev–Trinajstić information content (AvgIpc) is 2.20. The third-order valence-corrected chi connectivity index (χ3v) is 1.97. The summed E-state index contributed by atoms with van der Waals surface area (Å²) in [6, 6.07) is 2.78. The molecule has 1 aromatic rings. The number of carbonyl (C=O) groups is 1. The number of Topliss-reactive ketones (excluding diaryl/α,β-unsaturated/α-hetero) is 1. The highest BCUT2D eigenvalue weighted by molar-refractivity contribution is 6.19. The summed E-state index contributed by atoms with van der Waals surface area (Å²) >= 11 is 5.34. The van der Waals surface area contributed by atoms with Crippen molar-refractivity contribution in [2.24, 2.45) is 0 Å². The molecule has 0 aromatic heterocycles. The Kier molecular flexibility index (Phi) is 4.61. The minimum absolute atomic E-state index is 0.0312. The van der Waals surface area contributed by atoms with E-state index >= 15 is 0 Å². The molecule has 0 fully saturated rings. The third-order valence-electron chi connectivity index (χ3n) is 1.78. The van der Waals surface area contributed by atoms with Crippen LogP contribution in [0.4, 0.5) is 13.2 Å². The van der Waals surface area contributed by atoms with Crippen molar-refractivity contribution in [1.82, 2.24) is 0 Å². The number of ether oxygens (including phenoxy) is 1. The number of halogens is 4. The third kappa shape index (κ3) is 3.41. The van der Waals surface area contributed by atoms with E-state index in [9.17, 15) is 18.0 Å². The highest BCUT2D eigenvalue weighted by atomic mass is 35.5. The lowest BCUT2D eigenvalue weighted by Crippen LogP contribution is -2.08. The number of benzene rings is 1. The summed E-state index contributed by atoms with van der Waals surface area (Å²) in [4.78, 5) is 11.4. The first kappa shape index (κ1) is 12.8. The molecule has 0 saturated heterocycles. The van der Waals surface area contributed by atoms with Gasteiger partial charge in [-0.2, -0.15) is 8.78 Å². The highest BCUT2D eigenvalue weighted by Crippen LogP contribution is 2.23. The molecule has 6 heteroatoms. The maximum Gasteiger partial charge on any atom is 0.387 e. The van der Waals surface area contributed by atoms with Crippen LogP contribution in [0.15, 0.2) is 18.2 Å². The fraction of sp³-hybridized carbons (Fsp3) is 0.300. The van der Waals surface area contributed by atoms with Crippen LogP contribution in [0.25, 0.3) is 0 Å². The molecule has 1 aromatic carbocycles. The van der Waals surface area contributed by atoms with Crippen molar-refractivity contribution >= 4 is 17.4 Å². The molecule has 0 heterocycles. The number of ketones is 1. The predicted octanol–water partition coefficient (Wildman–Crippen LogP) is 3.24. The van der Waals surface area contributed by atoms with Crippen molar-refractivity contribution in [2.45, 2.75) is 13.0 Å². The molecule has 0 N–H and O–H groups in total. The van der Waals surface area contributed by atoms with Crippen LogP contribution in [0, 0.1) is 5.82 Å². The van der Waals surface area contributed by atoms with Crippen LogP contribution >= 0.6 is 11.6 Å². The Morgan fingerprint density at radius 1 is 1.44 bits per heavy atom. The molecule has 0 aliphatic carbocycles. The van der Waals surface area contributed by atoms with Gasteiger partial charge in [0.25, 0.3) is 0 Å². The molecule has 16 heavy (non-hydrogen) atoms. The molecular formula is C10H8ClF3O2. The van der Waals surface area contributed by atoms with Gasteiger partial charge < -0.3 is 4.74 Å². The van der Waals surface area contributed by atoms with Crippen LogP contribution in [0.2, 0.25) is 0 Å². The lowest BCUT2D eigenvalue weighted by molar-refractivity contribution is -0.0501. The average molecular weight is 253 g/mol. The Morgan fingerprint density at radius 2 is 2.12 bits per heavy atom. The van der Waals surface area contributed by atoms with Crippen molar-refractivity contribution in [3.05, 3.63) is 29.6 Å². The standard InChI is InChI=1S/C10H8ClF3O2/c11-4-3-8(15)7-5-6(12)1-2-9(7)16-10(13)14/h1-2,5,10H,3-4H2. The summed E-state index contributed by atoms with van der Waals surface area (Å²) in [6.45, 7) is -3.06. The summed E-state index contributed by atoms with van der Waals surface area (Å²) in [5.74, 6) is -1.54. The van der Waals surface area contributed by atoms with Crippen LogP contribution in [0.5, 0.6) is 5.75 Å². The molecule has 0 spiro atoms. The molecular weight excluding hydrogens is 245 g/mol. The maximum absolute atomic E-state index is 12.9. The van der Waals surface area contributed by atoms with Crippen LogP contribution in [0.1, 0.15) is 16.8 Å². The first-order chi connectivity index (χ1) is 7.54. The van der Waals surface area contributed by atoms with E-state index in [4.69, 9.17) is 11.6 Å². The molecule has 0 aliphatic rings. The van der Waals surface area contributed by atoms with Crippen LogP contribution in [-0.2, 0) is 0 Å². The highest BCUT2D eigenvalue weighted by Gasteiger charge is 2.16. The van der Waals surface area contributed by atoms with Crippen molar-refractivity contribution < 1.29 is 22.7 Å². The summed E-state index contributed by atoms with van der Waals surface area (Å²) in [5, 5.41) is 0. The van der Waals surface area contributed by atoms with E-state index in [-0.39, 0.29) is 23.6 Å². The molecule has 1 rings (SSSR count). The lowest BCUT2D eigenvalue weighted by Gasteiger charge is -2.09. The van der Waals surface area contributed by atoms with Gasteiger partial charge in [-0.1, -0.05) is 0 Å². The molecule has 88 valence electrons. The second-order valence-electron chi connectivity index (χ2n) is 2.88. The molecule has 0 amide bonds. The Morgan fingerprint density at radius 3 is 2.69 bits per heavy atom. The van der Waals surface area contributed by atoms with Crippen LogP contribution in [0.3, 0.4) is 0 Å². The van der Waals surface area contributed by atoms with Gasteiger partial charge in [0, 0.05) is 12.3 Å². The largest absolute Gasteiger partial charge is 0.434 e. The molecule has 0 saturated carbocycles. The van der Waals surface area contributed by atoms with Gasteiger partial charge in [-0.3, -0.25) is 4.79 Å². The van der Waals surface area contributed by atoms with Crippen molar-refractivity contribution in [3.8, 4) is 5.75 Å². The van der Waals surface area contributed by atoms with Gasteiger partial charge in [-0.15, -0.1) is 11.6 Å². The van der Waals surface area contributed by atoms with Gasteiger partial charge in [0.2, 0.25) is 0 Å². The Hall–Kier alpha value is -1.23. The summed E-state index contributed by atoms with van der Waals surface area (Å²) in [7, 11) is 0. The number of hydrogen-bond acceptors (Lipinski definition) is 2. The van der Waals surface area contributed by atoms with Gasteiger partial charge in [-0.25, -0.2) is 4.39 Å². The second kappa shape index (κ2) is 5.75. The van der Waals surface area contributed by atoms with E-state index in [0.717, 1.165) is 18.2 Å². The van der Waals surface area contributed by atoms with Crippen molar-refractivity contribution in [3.63, 3.8) is 0 Å². The smallest absolute Gasteiger partial charge is 0.387 e. The van der Waals surface area contributed by atoms with Gasteiger partial charge in [0.15, 0.2) is 5.78 Å². The lowest BCUT2D eigenvalue weighted by atomic mass is 10.1. The monoisotopic (exact) mass is 252 g/mol. The Balaban J connectivity index is 3.02. The molecule has 2 nitrogen and oxygen atoms in total. The van der Waals surface area contributed by atoms with Gasteiger partial charge >= 0.3 is 6.61 Å². The second-order valence-corrected chi connectivity index (χ2v) is 3.26. The molecule has 0 bridgehead atoms.